The van der Waals surface area contributed by atoms with Gasteiger partial charge in [0.25, 0.3) is 0 Å². The van der Waals surface area contributed by atoms with Crippen LogP contribution in [0, 0.1) is 0 Å². The van der Waals surface area contributed by atoms with Crippen LogP contribution in [-0.2, 0) is 16.0 Å². The zero-order valence-corrected chi connectivity index (χ0v) is 9.61. The van der Waals surface area contributed by atoms with Crippen LogP contribution in [0.1, 0.15) is 12.0 Å². The number of methoxy groups -OCH3 is 1. The van der Waals surface area contributed by atoms with Gasteiger partial charge in [0.2, 0.25) is 0 Å². The molecule has 0 N–H and O–H groups in total. The van der Waals surface area contributed by atoms with E-state index in [2.05, 4.69) is 17.0 Å². The van der Waals surface area contributed by atoms with Crippen molar-refractivity contribution in [1.82, 2.24) is 0 Å². The van der Waals surface area contributed by atoms with Gasteiger partial charge in [0.1, 0.15) is 0 Å². The van der Waals surface area contributed by atoms with E-state index in [4.69, 9.17) is 4.74 Å². The third-order valence-electron chi connectivity index (χ3n) is 2.94. The van der Waals surface area contributed by atoms with E-state index >= 15 is 0 Å². The number of ether oxygens (including phenoxy) is 1. The molecule has 86 valence electrons. The van der Waals surface area contributed by atoms with Gasteiger partial charge in [-0.15, -0.1) is 0 Å². The van der Waals surface area contributed by atoms with Crippen molar-refractivity contribution >= 4 is 11.5 Å². The number of benzene rings is 1. The van der Waals surface area contributed by atoms with E-state index in [0.29, 0.717) is 18.7 Å². The third-order valence-corrected chi connectivity index (χ3v) is 2.94. The Morgan fingerprint density at radius 3 is 2.88 bits per heavy atom. The molecule has 0 atom stereocenters. The van der Waals surface area contributed by atoms with Crippen LogP contribution in [-0.4, -0.2) is 32.6 Å². The average molecular weight is 219 g/mol. The number of ketones is 1. The molecule has 1 aromatic rings. The van der Waals surface area contributed by atoms with E-state index in [0.717, 1.165) is 19.6 Å². The molecule has 1 aliphatic heterocycles. The molecule has 0 aromatic heterocycles. The minimum Gasteiger partial charge on any atom is -0.384 e. The Morgan fingerprint density at radius 1 is 1.38 bits per heavy atom. The average Bonchev–Trinajstić information content (AvgIpc) is 2.73. The molecule has 1 saturated heterocycles. The number of hydrogen-bond donors (Lipinski definition) is 0. The molecule has 3 nitrogen and oxygen atoms in total. The fourth-order valence-electron chi connectivity index (χ4n) is 2.08. The Morgan fingerprint density at radius 2 is 2.19 bits per heavy atom. The zero-order valence-electron chi connectivity index (χ0n) is 9.61. The lowest BCUT2D eigenvalue weighted by molar-refractivity contribution is -0.116. The monoisotopic (exact) mass is 219 g/mol. The number of carbonyl (C=O) groups excluding carboxylic acids is 1. The Bertz CT molecular complexity index is 376. The molecule has 0 bridgehead atoms. The highest BCUT2D eigenvalue weighted by molar-refractivity contribution is 5.87. The van der Waals surface area contributed by atoms with E-state index in [1.54, 1.807) is 7.11 Å². The molecule has 16 heavy (non-hydrogen) atoms. The van der Waals surface area contributed by atoms with Gasteiger partial charge >= 0.3 is 0 Å². The lowest BCUT2D eigenvalue weighted by Crippen LogP contribution is -2.21. The van der Waals surface area contributed by atoms with Crippen molar-refractivity contribution in [3.8, 4) is 0 Å². The van der Waals surface area contributed by atoms with Gasteiger partial charge in [0, 0.05) is 25.8 Å². The van der Waals surface area contributed by atoms with Crippen molar-refractivity contribution in [2.24, 2.45) is 0 Å². The quantitative estimate of drug-likeness (QED) is 0.771. The zero-order chi connectivity index (χ0) is 11.4. The normalized spacial score (nSPS) is 15.8. The fraction of sp³-hybridized carbons (Fsp3) is 0.462. The summed E-state index contributed by atoms with van der Waals surface area (Å²) in [5.74, 6) is 0.335. The van der Waals surface area contributed by atoms with Gasteiger partial charge in [-0.05, 0) is 18.1 Å². The summed E-state index contributed by atoms with van der Waals surface area (Å²) in [5, 5.41) is 0. The predicted molar refractivity (Wildman–Crippen MR) is 63.9 cm³/mol. The maximum absolute atomic E-state index is 11.3. The third kappa shape index (κ3) is 2.42. The van der Waals surface area contributed by atoms with Crippen LogP contribution in [0.5, 0.6) is 0 Å². The molecule has 0 unspecified atom stereocenters. The Labute approximate surface area is 96.0 Å². The second-order valence-electron chi connectivity index (χ2n) is 4.08. The number of Topliss-reactive ketones (excluding diaryl/α,β-unsaturated/α-hetero) is 1. The van der Waals surface area contributed by atoms with E-state index in [9.17, 15) is 4.79 Å². The van der Waals surface area contributed by atoms with Crippen LogP contribution in [0.2, 0.25) is 0 Å². The topological polar surface area (TPSA) is 29.5 Å². The Kier molecular flexibility index (Phi) is 3.57. The molecule has 0 saturated carbocycles. The molecule has 1 fully saturated rings. The summed E-state index contributed by atoms with van der Waals surface area (Å²) in [5.41, 5.74) is 2.45. The summed E-state index contributed by atoms with van der Waals surface area (Å²) in [6.07, 6.45) is 1.58. The van der Waals surface area contributed by atoms with E-state index in [1.165, 1.54) is 11.3 Å². The van der Waals surface area contributed by atoms with Crippen molar-refractivity contribution in [2.45, 2.75) is 12.8 Å². The number of nitrogens with zero attached hydrogens (tertiary/aromatic N) is 1. The van der Waals surface area contributed by atoms with Gasteiger partial charge in [-0.2, -0.15) is 0 Å². The van der Waals surface area contributed by atoms with Crippen LogP contribution < -0.4 is 4.90 Å². The second-order valence-corrected chi connectivity index (χ2v) is 4.08. The molecule has 3 heteroatoms. The molecule has 1 heterocycles. The van der Waals surface area contributed by atoms with E-state index < -0.39 is 0 Å². The summed E-state index contributed by atoms with van der Waals surface area (Å²) in [6, 6.07) is 8.25. The van der Waals surface area contributed by atoms with Crippen LogP contribution in [0.15, 0.2) is 24.3 Å². The molecular formula is C13H17NO2. The molecule has 0 radical (unpaired) electrons. The van der Waals surface area contributed by atoms with Crippen molar-refractivity contribution in [3.05, 3.63) is 29.8 Å². The first-order chi connectivity index (χ1) is 7.81. The lowest BCUT2D eigenvalue weighted by atomic mass is 10.1. The molecule has 2 rings (SSSR count). The molecule has 0 amide bonds. The maximum Gasteiger partial charge on any atom is 0.153 e. The SMILES string of the molecule is COCCc1ccccc1N1CCC(=O)C1. The van der Waals surface area contributed by atoms with Gasteiger partial charge < -0.3 is 9.64 Å². The van der Waals surface area contributed by atoms with Gasteiger partial charge in [0.05, 0.1) is 13.2 Å². The smallest absolute Gasteiger partial charge is 0.153 e. The minimum absolute atomic E-state index is 0.335. The first kappa shape index (κ1) is 11.1. The van der Waals surface area contributed by atoms with Gasteiger partial charge in [-0.3, -0.25) is 4.79 Å². The number of para-hydroxylation sites is 1. The first-order valence-electron chi connectivity index (χ1n) is 5.65. The number of hydrogen-bond acceptors (Lipinski definition) is 3. The second kappa shape index (κ2) is 5.12. The van der Waals surface area contributed by atoms with Crippen molar-refractivity contribution in [1.29, 1.82) is 0 Å². The van der Waals surface area contributed by atoms with Crippen molar-refractivity contribution < 1.29 is 9.53 Å². The summed E-state index contributed by atoms with van der Waals surface area (Å²) < 4.78 is 5.10. The Hall–Kier alpha value is -1.35. The molecule has 1 aromatic carbocycles. The number of rotatable bonds is 4. The standard InChI is InChI=1S/C13H17NO2/c1-16-9-7-11-4-2-3-5-13(11)14-8-6-12(15)10-14/h2-5H,6-10H2,1H3. The minimum atomic E-state index is 0.335. The van der Waals surface area contributed by atoms with Crippen LogP contribution in [0.25, 0.3) is 0 Å². The van der Waals surface area contributed by atoms with Crippen LogP contribution in [0.4, 0.5) is 5.69 Å². The highest BCUT2D eigenvalue weighted by Crippen LogP contribution is 2.23. The van der Waals surface area contributed by atoms with Crippen molar-refractivity contribution in [2.75, 3.05) is 31.7 Å². The summed E-state index contributed by atoms with van der Waals surface area (Å²) in [6.45, 7) is 2.13. The Balaban J connectivity index is 2.15. The largest absolute Gasteiger partial charge is 0.384 e. The highest BCUT2D eigenvalue weighted by atomic mass is 16.5. The molecule has 1 aliphatic rings. The highest BCUT2D eigenvalue weighted by Gasteiger charge is 2.20. The van der Waals surface area contributed by atoms with Gasteiger partial charge in [0.15, 0.2) is 5.78 Å². The van der Waals surface area contributed by atoms with E-state index in [-0.39, 0.29) is 0 Å². The summed E-state index contributed by atoms with van der Waals surface area (Å²) >= 11 is 0. The first-order valence-corrected chi connectivity index (χ1v) is 5.65. The van der Waals surface area contributed by atoms with Crippen LogP contribution in [0.3, 0.4) is 0 Å². The van der Waals surface area contributed by atoms with Gasteiger partial charge in [-0.1, -0.05) is 18.2 Å². The summed E-state index contributed by atoms with van der Waals surface area (Å²) in [7, 11) is 1.71. The van der Waals surface area contributed by atoms with Crippen LogP contribution >= 0.6 is 0 Å². The number of carbonyl (C=O) groups is 1. The molecule has 0 aliphatic carbocycles. The van der Waals surface area contributed by atoms with Gasteiger partial charge in [-0.25, -0.2) is 0 Å². The molecule has 0 spiro atoms. The summed E-state index contributed by atoms with van der Waals surface area (Å²) in [4.78, 5) is 13.4. The molecular weight excluding hydrogens is 202 g/mol. The maximum atomic E-state index is 11.3. The fourth-order valence-corrected chi connectivity index (χ4v) is 2.08. The lowest BCUT2D eigenvalue weighted by Gasteiger charge is -2.20. The van der Waals surface area contributed by atoms with Crippen molar-refractivity contribution in [3.63, 3.8) is 0 Å². The predicted octanol–water partition coefficient (Wildman–Crippen LogP) is 1.65. The number of anilines is 1. The van der Waals surface area contributed by atoms with E-state index in [1.807, 2.05) is 12.1 Å².